The summed E-state index contributed by atoms with van der Waals surface area (Å²) in [6.45, 7) is 10.3. The van der Waals surface area contributed by atoms with Gasteiger partial charge in [0.1, 0.15) is 11.3 Å². The standard InChI is InChI=1S/C17H28N4O2/c1-7-8-11-23-15(18)16-20-9-10-21(16)17(4,13(2)3)14(22-6)12-19-5/h7,9-10,12-13,18-19H,1,8,11H2,2-6H3/b14-12+,18-15?. The minimum atomic E-state index is -0.502. The molecule has 0 aliphatic carbocycles. The van der Waals surface area contributed by atoms with Gasteiger partial charge in [-0.1, -0.05) is 19.9 Å². The predicted molar refractivity (Wildman–Crippen MR) is 92.5 cm³/mol. The number of methoxy groups -OCH3 is 1. The zero-order chi connectivity index (χ0) is 17.5. The van der Waals surface area contributed by atoms with Crippen LogP contribution in [-0.2, 0) is 15.0 Å². The van der Waals surface area contributed by atoms with Crippen molar-refractivity contribution in [1.29, 1.82) is 5.41 Å². The molecule has 0 fully saturated rings. The highest BCUT2D eigenvalue weighted by Crippen LogP contribution is 2.35. The lowest BCUT2D eigenvalue weighted by Crippen LogP contribution is -2.41. The smallest absolute Gasteiger partial charge is 0.250 e. The summed E-state index contributed by atoms with van der Waals surface area (Å²) in [6, 6.07) is 0. The number of nitrogens with one attached hydrogen (secondary N) is 2. The number of imidazole rings is 1. The molecule has 0 amide bonds. The summed E-state index contributed by atoms with van der Waals surface area (Å²) >= 11 is 0. The van der Waals surface area contributed by atoms with E-state index in [1.54, 1.807) is 19.4 Å². The van der Waals surface area contributed by atoms with Crippen LogP contribution in [0, 0.1) is 11.3 Å². The van der Waals surface area contributed by atoms with E-state index in [4.69, 9.17) is 14.9 Å². The number of ether oxygens (including phenoxy) is 2. The quantitative estimate of drug-likeness (QED) is 0.241. The van der Waals surface area contributed by atoms with E-state index in [1.807, 2.05) is 24.0 Å². The van der Waals surface area contributed by atoms with Gasteiger partial charge in [0.25, 0.3) is 0 Å². The fourth-order valence-electron chi connectivity index (χ4n) is 2.38. The van der Waals surface area contributed by atoms with Crippen LogP contribution in [-0.4, -0.2) is 36.2 Å². The fraction of sp³-hybridized carbons (Fsp3) is 0.529. The van der Waals surface area contributed by atoms with E-state index >= 15 is 0 Å². The molecular weight excluding hydrogens is 292 g/mol. The number of allylic oxidation sites excluding steroid dienone is 1. The lowest BCUT2D eigenvalue weighted by Gasteiger charge is -2.37. The average molecular weight is 320 g/mol. The maximum absolute atomic E-state index is 8.17. The van der Waals surface area contributed by atoms with Gasteiger partial charge in [0, 0.05) is 25.6 Å². The first-order chi connectivity index (χ1) is 10.9. The highest BCUT2D eigenvalue weighted by molar-refractivity contribution is 5.88. The molecule has 0 saturated heterocycles. The van der Waals surface area contributed by atoms with Crippen LogP contribution >= 0.6 is 0 Å². The Balaban J connectivity index is 3.25. The topological polar surface area (TPSA) is 72.2 Å². The fourth-order valence-corrected chi connectivity index (χ4v) is 2.38. The van der Waals surface area contributed by atoms with Crippen molar-refractivity contribution in [2.45, 2.75) is 32.7 Å². The first-order valence-electron chi connectivity index (χ1n) is 7.71. The van der Waals surface area contributed by atoms with Gasteiger partial charge in [-0.15, -0.1) is 6.58 Å². The Labute approximate surface area is 138 Å². The second-order valence-electron chi connectivity index (χ2n) is 5.68. The Morgan fingerprint density at radius 3 is 2.78 bits per heavy atom. The summed E-state index contributed by atoms with van der Waals surface area (Å²) in [7, 11) is 3.47. The van der Waals surface area contributed by atoms with Gasteiger partial charge in [-0.2, -0.15) is 0 Å². The summed E-state index contributed by atoms with van der Waals surface area (Å²) in [5, 5.41) is 11.2. The molecule has 0 radical (unpaired) electrons. The van der Waals surface area contributed by atoms with E-state index in [0.717, 1.165) is 5.76 Å². The number of hydrogen-bond donors (Lipinski definition) is 2. The van der Waals surface area contributed by atoms with Crippen LogP contribution in [0.3, 0.4) is 0 Å². The summed E-state index contributed by atoms with van der Waals surface area (Å²) in [5.74, 6) is 1.48. The number of rotatable bonds is 9. The van der Waals surface area contributed by atoms with Crippen LogP contribution in [0.1, 0.15) is 33.0 Å². The minimum Gasteiger partial charge on any atom is -0.497 e. The molecule has 1 rings (SSSR count). The predicted octanol–water partition coefficient (Wildman–Crippen LogP) is 2.88. The van der Waals surface area contributed by atoms with Crippen molar-refractivity contribution < 1.29 is 9.47 Å². The van der Waals surface area contributed by atoms with Gasteiger partial charge in [-0.05, 0) is 19.3 Å². The van der Waals surface area contributed by atoms with Crippen LogP contribution in [0.25, 0.3) is 0 Å². The number of aromatic nitrogens is 2. The Bertz CT molecular complexity index is 563. The van der Waals surface area contributed by atoms with Crippen LogP contribution in [0.15, 0.2) is 37.0 Å². The van der Waals surface area contributed by atoms with E-state index in [1.165, 1.54) is 0 Å². The lowest BCUT2D eigenvalue weighted by atomic mass is 9.86. The molecule has 0 saturated carbocycles. The van der Waals surface area contributed by atoms with E-state index in [9.17, 15) is 0 Å². The molecule has 1 unspecified atom stereocenters. The molecule has 6 heteroatoms. The lowest BCUT2D eigenvalue weighted by molar-refractivity contribution is 0.139. The van der Waals surface area contributed by atoms with Gasteiger partial charge in [0.15, 0.2) is 5.82 Å². The molecular formula is C17H28N4O2. The zero-order valence-corrected chi connectivity index (χ0v) is 14.7. The number of nitrogens with zero attached hydrogens (tertiary/aromatic N) is 2. The Morgan fingerprint density at radius 1 is 1.57 bits per heavy atom. The maximum atomic E-state index is 8.17. The molecule has 0 spiro atoms. The van der Waals surface area contributed by atoms with Gasteiger partial charge >= 0.3 is 0 Å². The molecule has 6 nitrogen and oxygen atoms in total. The van der Waals surface area contributed by atoms with Gasteiger partial charge in [-0.3, -0.25) is 5.41 Å². The molecule has 1 aromatic rings. The maximum Gasteiger partial charge on any atom is 0.250 e. The normalized spacial score (nSPS) is 14.3. The zero-order valence-electron chi connectivity index (χ0n) is 14.7. The van der Waals surface area contributed by atoms with Crippen molar-refractivity contribution in [1.82, 2.24) is 14.9 Å². The second-order valence-corrected chi connectivity index (χ2v) is 5.68. The molecule has 128 valence electrons. The molecule has 23 heavy (non-hydrogen) atoms. The van der Waals surface area contributed by atoms with Gasteiger partial charge in [0.05, 0.1) is 13.7 Å². The first kappa shape index (κ1) is 18.8. The molecule has 0 aliphatic rings. The molecule has 1 aromatic heterocycles. The van der Waals surface area contributed by atoms with Crippen molar-refractivity contribution in [3.63, 3.8) is 0 Å². The van der Waals surface area contributed by atoms with Gasteiger partial charge < -0.3 is 19.4 Å². The second kappa shape index (κ2) is 8.41. The van der Waals surface area contributed by atoms with E-state index in [-0.39, 0.29) is 11.8 Å². The number of hydrogen-bond acceptors (Lipinski definition) is 5. The largest absolute Gasteiger partial charge is 0.497 e. The van der Waals surface area contributed by atoms with Crippen molar-refractivity contribution >= 4 is 5.90 Å². The third-order valence-electron chi connectivity index (χ3n) is 4.03. The summed E-state index contributed by atoms with van der Waals surface area (Å²) < 4.78 is 13.0. The van der Waals surface area contributed by atoms with Crippen molar-refractivity contribution in [2.75, 3.05) is 20.8 Å². The molecule has 1 atom stereocenters. The first-order valence-corrected chi connectivity index (χ1v) is 7.71. The third kappa shape index (κ3) is 3.94. The van der Waals surface area contributed by atoms with Crippen molar-refractivity contribution in [3.05, 3.63) is 42.8 Å². The highest BCUT2D eigenvalue weighted by Gasteiger charge is 2.38. The Kier molecular flexibility index (Phi) is 6.88. The van der Waals surface area contributed by atoms with Crippen LogP contribution in [0.2, 0.25) is 0 Å². The summed E-state index contributed by atoms with van der Waals surface area (Å²) in [5.41, 5.74) is -0.502. The molecule has 0 aliphatic heterocycles. The minimum absolute atomic E-state index is 0.0450. The summed E-state index contributed by atoms with van der Waals surface area (Å²) in [4.78, 5) is 4.30. The van der Waals surface area contributed by atoms with Gasteiger partial charge in [0.2, 0.25) is 5.90 Å². The van der Waals surface area contributed by atoms with E-state index in [2.05, 4.69) is 37.7 Å². The van der Waals surface area contributed by atoms with Crippen molar-refractivity contribution in [2.24, 2.45) is 5.92 Å². The SMILES string of the molecule is C=CCCOC(=N)c1nccn1C(C)(/C(=C\NC)OC)C(C)C. The Hall–Kier alpha value is -2.24. The van der Waals surface area contributed by atoms with Crippen LogP contribution in [0.4, 0.5) is 0 Å². The highest BCUT2D eigenvalue weighted by atomic mass is 16.5. The van der Waals surface area contributed by atoms with Crippen LogP contribution in [0.5, 0.6) is 0 Å². The monoisotopic (exact) mass is 320 g/mol. The molecule has 0 bridgehead atoms. The van der Waals surface area contributed by atoms with Crippen molar-refractivity contribution in [3.8, 4) is 0 Å². The third-order valence-corrected chi connectivity index (χ3v) is 4.03. The molecule has 2 N–H and O–H groups in total. The van der Waals surface area contributed by atoms with E-state index < -0.39 is 5.54 Å². The Morgan fingerprint density at radius 2 is 2.26 bits per heavy atom. The van der Waals surface area contributed by atoms with Crippen LogP contribution < -0.4 is 5.32 Å². The summed E-state index contributed by atoms with van der Waals surface area (Å²) in [6.07, 6.45) is 7.80. The molecule has 0 aromatic carbocycles. The van der Waals surface area contributed by atoms with Gasteiger partial charge in [-0.25, -0.2) is 4.98 Å². The van der Waals surface area contributed by atoms with E-state index in [0.29, 0.717) is 18.9 Å². The average Bonchev–Trinajstić information content (AvgIpc) is 3.01. The molecule has 1 heterocycles.